The highest BCUT2D eigenvalue weighted by atomic mass is 15.3. The van der Waals surface area contributed by atoms with Gasteiger partial charge >= 0.3 is 0 Å². The van der Waals surface area contributed by atoms with Crippen molar-refractivity contribution in [2.24, 2.45) is 0 Å². The van der Waals surface area contributed by atoms with Gasteiger partial charge in [0, 0.05) is 39.4 Å². The topological polar surface area (TPSA) is 38.7 Å². The number of rotatable bonds is 5. The molecule has 14 rings (SSSR count). The fourth-order valence-electron chi connectivity index (χ4n) is 12.8. The van der Waals surface area contributed by atoms with E-state index in [0.29, 0.717) is 5.82 Å². The number of aromatic nitrogens is 2. The standard InChI is InChI=1S/C74H69BN6/c1-71(2,3)49-33-35-59-61(41-49)78(53-29-21-15-22-30-53)65-43-51(73(7,8)9)39-55-68(65)80(59)63-37-48(58-45-57(46-25-17-13-18-26-46)76-70(77-58)47-27-19-14-20-28-47)38-64-67(63)75(55)56-40-52(74(10,11)12)44-66-69(56)81(64)60-36-34-50(72(4,5)6)42-62(60)79(66)54-31-23-16-24-32-54/h13-45H,1-12H3. The molecule has 0 amide bonds. The monoisotopic (exact) mass is 1050 g/mol. The average molecular weight is 1050 g/mol. The zero-order valence-corrected chi connectivity index (χ0v) is 48.8. The van der Waals surface area contributed by atoms with Crippen LogP contribution in [0.1, 0.15) is 105 Å². The van der Waals surface area contributed by atoms with Gasteiger partial charge in [0.2, 0.25) is 0 Å². The van der Waals surface area contributed by atoms with Crippen molar-refractivity contribution in [2.45, 2.75) is 105 Å². The molecule has 0 saturated heterocycles. The second-order valence-corrected chi connectivity index (χ2v) is 26.8. The van der Waals surface area contributed by atoms with Crippen LogP contribution in [-0.4, -0.2) is 16.7 Å². The number of para-hydroxylation sites is 2. The minimum Gasteiger partial charge on any atom is -0.307 e. The van der Waals surface area contributed by atoms with Crippen LogP contribution in [-0.2, 0) is 21.7 Å². The number of nitrogens with zero attached hydrogens (tertiary/aromatic N) is 6. The molecule has 81 heavy (non-hydrogen) atoms. The third-order valence-electron chi connectivity index (χ3n) is 17.2. The minimum atomic E-state index is -0.180. The Balaban J connectivity index is 1.17. The molecule has 0 unspecified atom stereocenters. The molecule has 0 saturated carbocycles. The Bertz CT molecular complexity index is 3900. The van der Waals surface area contributed by atoms with Crippen molar-refractivity contribution in [1.82, 2.24) is 9.97 Å². The lowest BCUT2D eigenvalue weighted by atomic mass is 9.32. The normalized spacial score (nSPS) is 14.0. The van der Waals surface area contributed by atoms with Gasteiger partial charge in [-0.15, -0.1) is 0 Å². The molecular weight excluding hydrogens is 984 g/mol. The molecule has 0 N–H and O–H groups in total. The number of fused-ring (bicyclic) bond motifs is 8. The van der Waals surface area contributed by atoms with Gasteiger partial charge in [0.25, 0.3) is 6.71 Å². The fourth-order valence-corrected chi connectivity index (χ4v) is 12.8. The maximum absolute atomic E-state index is 5.60. The molecule has 10 aromatic rings. The van der Waals surface area contributed by atoms with Crippen LogP contribution >= 0.6 is 0 Å². The van der Waals surface area contributed by atoms with Gasteiger partial charge in [0.15, 0.2) is 5.82 Å². The summed E-state index contributed by atoms with van der Waals surface area (Å²) < 4.78 is 0. The van der Waals surface area contributed by atoms with Crippen LogP contribution in [0, 0.1) is 0 Å². The van der Waals surface area contributed by atoms with E-state index in [2.05, 4.69) is 303 Å². The van der Waals surface area contributed by atoms with Gasteiger partial charge in [-0.25, -0.2) is 9.97 Å². The summed E-state index contributed by atoms with van der Waals surface area (Å²) in [6.07, 6.45) is 0. The van der Waals surface area contributed by atoms with Crippen molar-refractivity contribution >= 4 is 91.3 Å². The Kier molecular flexibility index (Phi) is 11.2. The fraction of sp³-hybridized carbons (Fsp3) is 0.216. The molecule has 0 fully saturated rings. The zero-order valence-electron chi connectivity index (χ0n) is 48.8. The first-order chi connectivity index (χ1) is 38.7. The van der Waals surface area contributed by atoms with Crippen molar-refractivity contribution in [2.75, 3.05) is 19.6 Å². The van der Waals surface area contributed by atoms with Gasteiger partial charge in [0.05, 0.1) is 56.9 Å². The van der Waals surface area contributed by atoms with E-state index >= 15 is 0 Å². The van der Waals surface area contributed by atoms with Crippen molar-refractivity contribution in [3.63, 3.8) is 0 Å². The van der Waals surface area contributed by atoms with Crippen molar-refractivity contribution in [1.29, 1.82) is 0 Å². The van der Waals surface area contributed by atoms with Gasteiger partial charge in [-0.1, -0.05) is 204 Å². The lowest BCUT2D eigenvalue weighted by Crippen LogP contribution is -2.62. The van der Waals surface area contributed by atoms with Gasteiger partial charge in [-0.2, -0.15) is 0 Å². The molecule has 0 aliphatic carbocycles. The molecule has 0 spiro atoms. The Morgan fingerprint density at radius 1 is 0.296 bits per heavy atom. The first-order valence-corrected chi connectivity index (χ1v) is 28.9. The molecule has 0 bridgehead atoms. The molecule has 4 aliphatic rings. The predicted octanol–water partition coefficient (Wildman–Crippen LogP) is 18.3. The summed E-state index contributed by atoms with van der Waals surface area (Å²) in [6, 6.07) is 74.8. The van der Waals surface area contributed by atoms with Crippen LogP contribution in [0.15, 0.2) is 200 Å². The van der Waals surface area contributed by atoms with E-state index in [1.54, 1.807) is 0 Å². The number of hydrogen-bond acceptors (Lipinski definition) is 6. The number of benzene rings is 9. The summed E-state index contributed by atoms with van der Waals surface area (Å²) >= 11 is 0. The Hall–Kier alpha value is -8.68. The third kappa shape index (κ3) is 8.13. The zero-order chi connectivity index (χ0) is 56.1. The molecule has 7 heteroatoms. The highest BCUT2D eigenvalue weighted by Crippen LogP contribution is 2.61. The summed E-state index contributed by atoms with van der Waals surface area (Å²) in [6.45, 7) is 28.0. The first kappa shape index (κ1) is 50.5. The molecular formula is C74H69BN6. The second kappa shape index (κ2) is 17.9. The lowest BCUT2D eigenvalue weighted by Gasteiger charge is -2.51. The van der Waals surface area contributed by atoms with Crippen LogP contribution < -0.4 is 36.0 Å². The van der Waals surface area contributed by atoms with E-state index in [-0.39, 0.29) is 28.4 Å². The lowest BCUT2D eigenvalue weighted by molar-refractivity contribution is 0.589. The SMILES string of the molecule is CC(C)(C)c1ccc2c(c1)N(c1ccccc1)c1cc(C(C)(C)C)cc3c1N2c1cc(-c2cc(-c4ccccc4)nc(-c4ccccc4)n2)cc2c1B3c1cc(C(C)(C)C)cc3c1N2c1ccc(C(C)(C)C)cc1N3c1ccccc1. The van der Waals surface area contributed by atoms with E-state index < -0.39 is 0 Å². The molecule has 0 atom stereocenters. The largest absolute Gasteiger partial charge is 0.307 e. The van der Waals surface area contributed by atoms with Crippen molar-refractivity contribution < 1.29 is 0 Å². The summed E-state index contributed by atoms with van der Waals surface area (Å²) in [7, 11) is 0. The van der Waals surface area contributed by atoms with Crippen LogP contribution in [0.5, 0.6) is 0 Å². The average Bonchev–Trinajstić information content (AvgIpc) is 3.01. The molecule has 4 aliphatic heterocycles. The van der Waals surface area contributed by atoms with E-state index in [1.807, 2.05) is 0 Å². The van der Waals surface area contributed by atoms with Gasteiger partial charge in [-0.3, -0.25) is 0 Å². The number of anilines is 12. The van der Waals surface area contributed by atoms with Gasteiger partial charge in [0.1, 0.15) is 0 Å². The molecule has 9 aromatic carbocycles. The maximum atomic E-state index is 5.60. The summed E-state index contributed by atoms with van der Waals surface area (Å²) in [5.41, 5.74) is 27.2. The quantitative estimate of drug-likeness (QED) is 0.160. The highest BCUT2D eigenvalue weighted by Gasteiger charge is 2.51. The molecule has 5 heterocycles. The van der Waals surface area contributed by atoms with Crippen LogP contribution in [0.2, 0.25) is 0 Å². The number of hydrogen-bond donors (Lipinski definition) is 0. The molecule has 0 radical (unpaired) electrons. The Labute approximate surface area is 479 Å². The molecule has 398 valence electrons. The second-order valence-electron chi connectivity index (χ2n) is 26.8. The van der Waals surface area contributed by atoms with Crippen LogP contribution in [0.25, 0.3) is 33.9 Å². The highest BCUT2D eigenvalue weighted by molar-refractivity contribution is 7.00. The van der Waals surface area contributed by atoms with Gasteiger partial charge < -0.3 is 19.6 Å². The summed E-state index contributed by atoms with van der Waals surface area (Å²) in [5, 5.41) is 0. The summed E-state index contributed by atoms with van der Waals surface area (Å²) in [4.78, 5) is 21.3. The van der Waals surface area contributed by atoms with Crippen molar-refractivity contribution in [3.05, 3.63) is 222 Å². The Morgan fingerprint density at radius 3 is 1.07 bits per heavy atom. The van der Waals surface area contributed by atoms with E-state index in [9.17, 15) is 0 Å². The van der Waals surface area contributed by atoms with E-state index in [0.717, 1.165) is 73.6 Å². The van der Waals surface area contributed by atoms with Crippen LogP contribution in [0.3, 0.4) is 0 Å². The maximum Gasteiger partial charge on any atom is 0.252 e. The molecule has 1 aromatic heterocycles. The Morgan fingerprint density at radius 2 is 0.667 bits per heavy atom. The summed E-state index contributed by atoms with van der Waals surface area (Å²) in [5.74, 6) is 0.689. The van der Waals surface area contributed by atoms with E-state index in [1.165, 1.54) is 61.4 Å². The van der Waals surface area contributed by atoms with E-state index in [4.69, 9.17) is 9.97 Å². The first-order valence-electron chi connectivity index (χ1n) is 28.9. The van der Waals surface area contributed by atoms with Crippen LogP contribution in [0.4, 0.5) is 68.2 Å². The molecule has 6 nitrogen and oxygen atoms in total. The smallest absolute Gasteiger partial charge is 0.252 e. The van der Waals surface area contributed by atoms with Crippen molar-refractivity contribution in [3.8, 4) is 33.9 Å². The predicted molar refractivity (Wildman–Crippen MR) is 344 cm³/mol. The third-order valence-corrected chi connectivity index (χ3v) is 17.2. The van der Waals surface area contributed by atoms with Gasteiger partial charge in [-0.05, 0) is 139 Å². The minimum absolute atomic E-state index is 0.101.